The van der Waals surface area contributed by atoms with Crippen LogP contribution in [0.15, 0.2) is 36.4 Å². The normalized spacial score (nSPS) is 11.1. The van der Waals surface area contributed by atoms with Crippen LogP contribution in [0.1, 0.15) is 15.9 Å². The number of ether oxygens (including phenoxy) is 3. The summed E-state index contributed by atoms with van der Waals surface area (Å²) < 4.78 is 54.0. The lowest BCUT2D eigenvalue weighted by atomic mass is 10.1. The second-order valence-electron chi connectivity index (χ2n) is 5.91. The number of alkyl halides is 3. The molecule has 0 fully saturated rings. The van der Waals surface area contributed by atoms with Gasteiger partial charge in [0.05, 0.1) is 23.4 Å². The van der Waals surface area contributed by atoms with Crippen molar-refractivity contribution in [2.24, 2.45) is 0 Å². The number of carbonyl (C=O) groups excluding carboxylic acids is 2. The number of halogens is 4. The predicted molar refractivity (Wildman–Crippen MR) is 104 cm³/mol. The Morgan fingerprint density at radius 2 is 1.87 bits per heavy atom. The molecule has 0 bridgehead atoms. The molecule has 0 atom stereocenters. The molecule has 2 aromatic carbocycles. The molecule has 162 valence electrons. The van der Waals surface area contributed by atoms with Gasteiger partial charge in [-0.25, -0.2) is 4.79 Å². The first-order chi connectivity index (χ1) is 14.1. The highest BCUT2D eigenvalue weighted by molar-refractivity contribution is 6.31. The molecule has 0 aromatic heterocycles. The highest BCUT2D eigenvalue weighted by Gasteiger charge is 2.31. The molecule has 0 unspecified atom stereocenters. The first-order valence-electron chi connectivity index (χ1n) is 8.46. The van der Waals surface area contributed by atoms with Crippen LogP contribution in [0.3, 0.4) is 0 Å². The van der Waals surface area contributed by atoms with Gasteiger partial charge in [0.1, 0.15) is 12.4 Å². The summed E-state index contributed by atoms with van der Waals surface area (Å²) in [5.41, 5.74) is 4.49. The zero-order chi connectivity index (χ0) is 22.3. The Hall–Kier alpha value is -2.98. The summed E-state index contributed by atoms with van der Waals surface area (Å²) in [6, 6.07) is 6.75. The number of hydrogen-bond acceptors (Lipinski definition) is 6. The van der Waals surface area contributed by atoms with Crippen molar-refractivity contribution in [3.8, 4) is 5.75 Å². The Kier molecular flexibility index (Phi) is 7.90. The highest BCUT2D eigenvalue weighted by Crippen LogP contribution is 2.35. The van der Waals surface area contributed by atoms with E-state index in [1.165, 1.54) is 25.3 Å². The van der Waals surface area contributed by atoms with E-state index in [0.717, 1.165) is 18.2 Å². The van der Waals surface area contributed by atoms with E-state index in [-0.39, 0.29) is 40.9 Å². The van der Waals surface area contributed by atoms with Crippen LogP contribution >= 0.6 is 11.6 Å². The fourth-order valence-electron chi connectivity index (χ4n) is 2.27. The molecule has 0 heterocycles. The first kappa shape index (κ1) is 23.3. The molecule has 2 rings (SSSR count). The second kappa shape index (κ2) is 10.2. The van der Waals surface area contributed by atoms with Crippen LogP contribution in [0.2, 0.25) is 5.02 Å². The molecule has 2 aromatic rings. The maximum Gasteiger partial charge on any atom is 0.416 e. The summed E-state index contributed by atoms with van der Waals surface area (Å²) in [5, 5.41) is 2.48. The van der Waals surface area contributed by atoms with Crippen molar-refractivity contribution in [1.82, 2.24) is 0 Å². The van der Waals surface area contributed by atoms with E-state index in [0.29, 0.717) is 0 Å². The lowest BCUT2D eigenvalue weighted by Crippen LogP contribution is -2.22. The maximum atomic E-state index is 13.0. The highest BCUT2D eigenvalue weighted by atomic mass is 35.5. The quantitative estimate of drug-likeness (QED) is 0.364. The van der Waals surface area contributed by atoms with Crippen molar-refractivity contribution < 1.29 is 37.0 Å². The second-order valence-corrected chi connectivity index (χ2v) is 6.34. The number of amides is 1. The van der Waals surface area contributed by atoms with Crippen molar-refractivity contribution in [2.45, 2.75) is 6.18 Å². The molecule has 3 N–H and O–H groups in total. The molecule has 0 saturated heterocycles. The van der Waals surface area contributed by atoms with Gasteiger partial charge in [0.2, 0.25) is 0 Å². The zero-order valence-electron chi connectivity index (χ0n) is 15.7. The van der Waals surface area contributed by atoms with Crippen molar-refractivity contribution in [2.75, 3.05) is 38.0 Å². The minimum atomic E-state index is -4.62. The standard InChI is InChI=1S/C19H18ClF3N2O5/c1-28-6-7-29-16-5-2-11(19(21,22)23)8-15(16)25-17(26)10-30-18(27)13-9-12(20)3-4-14(13)24/h2-5,8-9H,6-7,10,24H2,1H3,(H,25,26). The molecule has 0 saturated carbocycles. The predicted octanol–water partition coefficient (Wildman–Crippen LogP) is 3.76. The minimum Gasteiger partial charge on any atom is -0.489 e. The first-order valence-corrected chi connectivity index (χ1v) is 8.84. The molecule has 11 heteroatoms. The molecule has 0 spiro atoms. The number of nitrogen functional groups attached to an aromatic ring is 1. The van der Waals surface area contributed by atoms with Crippen molar-refractivity contribution in [3.05, 3.63) is 52.5 Å². The molecule has 0 aliphatic carbocycles. The van der Waals surface area contributed by atoms with Gasteiger partial charge in [-0.1, -0.05) is 11.6 Å². The number of carbonyl (C=O) groups is 2. The number of hydrogen-bond donors (Lipinski definition) is 2. The van der Waals surface area contributed by atoms with Crippen LogP contribution in [-0.2, 0) is 20.4 Å². The number of benzene rings is 2. The van der Waals surface area contributed by atoms with Crippen molar-refractivity contribution in [3.63, 3.8) is 0 Å². The Bertz CT molecular complexity index is 922. The summed E-state index contributed by atoms with van der Waals surface area (Å²) in [5.74, 6) is -1.79. The Labute approximate surface area is 174 Å². The maximum absolute atomic E-state index is 13.0. The zero-order valence-corrected chi connectivity index (χ0v) is 16.5. The third kappa shape index (κ3) is 6.53. The third-order valence-corrected chi connectivity index (χ3v) is 3.93. The molecule has 0 aliphatic heterocycles. The topological polar surface area (TPSA) is 99.9 Å². The van der Waals surface area contributed by atoms with Crippen LogP contribution < -0.4 is 15.8 Å². The van der Waals surface area contributed by atoms with Gasteiger partial charge in [-0.15, -0.1) is 0 Å². The van der Waals surface area contributed by atoms with Crippen molar-refractivity contribution in [1.29, 1.82) is 0 Å². The van der Waals surface area contributed by atoms with Gasteiger partial charge in [0, 0.05) is 17.8 Å². The fourth-order valence-corrected chi connectivity index (χ4v) is 2.44. The molecule has 30 heavy (non-hydrogen) atoms. The molecule has 1 amide bonds. The molecule has 0 radical (unpaired) electrons. The van der Waals surface area contributed by atoms with E-state index >= 15 is 0 Å². The van der Waals surface area contributed by atoms with Crippen molar-refractivity contribution >= 4 is 34.9 Å². The van der Waals surface area contributed by atoms with Crippen LogP contribution in [0.25, 0.3) is 0 Å². The summed E-state index contributed by atoms with van der Waals surface area (Å²) in [4.78, 5) is 24.2. The fraction of sp³-hybridized carbons (Fsp3) is 0.263. The molecular weight excluding hydrogens is 429 g/mol. The lowest BCUT2D eigenvalue weighted by molar-refractivity contribution is -0.137. The number of methoxy groups -OCH3 is 1. The Morgan fingerprint density at radius 3 is 2.53 bits per heavy atom. The SMILES string of the molecule is COCCOc1ccc(C(F)(F)F)cc1NC(=O)COC(=O)c1cc(Cl)ccc1N. The van der Waals surface area contributed by atoms with E-state index in [1.807, 2.05) is 0 Å². The molecule has 0 aliphatic rings. The summed E-state index contributed by atoms with van der Waals surface area (Å²) >= 11 is 5.79. The minimum absolute atomic E-state index is 0.00110. The summed E-state index contributed by atoms with van der Waals surface area (Å²) in [6.07, 6.45) is -4.62. The monoisotopic (exact) mass is 446 g/mol. The van der Waals surface area contributed by atoms with E-state index in [2.05, 4.69) is 5.32 Å². The Balaban J connectivity index is 2.09. The van der Waals surface area contributed by atoms with E-state index in [4.69, 9.17) is 31.5 Å². The van der Waals surface area contributed by atoms with Crippen LogP contribution in [-0.4, -0.2) is 38.8 Å². The smallest absolute Gasteiger partial charge is 0.416 e. The average molecular weight is 447 g/mol. The van der Waals surface area contributed by atoms with Gasteiger partial charge in [-0.05, 0) is 36.4 Å². The Morgan fingerprint density at radius 1 is 1.13 bits per heavy atom. The van der Waals surface area contributed by atoms with Gasteiger partial charge in [-0.3, -0.25) is 4.79 Å². The van der Waals surface area contributed by atoms with Gasteiger partial charge in [0.25, 0.3) is 5.91 Å². The third-order valence-electron chi connectivity index (χ3n) is 3.70. The average Bonchev–Trinajstić information content (AvgIpc) is 2.68. The van der Waals surface area contributed by atoms with Crippen LogP contribution in [0, 0.1) is 0 Å². The van der Waals surface area contributed by atoms with Crippen LogP contribution in [0.4, 0.5) is 24.5 Å². The van der Waals surface area contributed by atoms with Gasteiger partial charge < -0.3 is 25.3 Å². The van der Waals surface area contributed by atoms with Gasteiger partial charge in [0.15, 0.2) is 6.61 Å². The lowest BCUT2D eigenvalue weighted by Gasteiger charge is -2.15. The van der Waals surface area contributed by atoms with Gasteiger partial charge >= 0.3 is 12.1 Å². The van der Waals surface area contributed by atoms with E-state index in [1.54, 1.807) is 0 Å². The summed E-state index contributed by atoms with van der Waals surface area (Å²) in [7, 11) is 1.43. The van der Waals surface area contributed by atoms with Gasteiger partial charge in [-0.2, -0.15) is 13.2 Å². The molecule has 7 nitrogen and oxygen atoms in total. The number of esters is 1. The van der Waals surface area contributed by atoms with E-state index < -0.39 is 30.2 Å². The van der Waals surface area contributed by atoms with E-state index in [9.17, 15) is 22.8 Å². The number of rotatable bonds is 8. The number of nitrogens with two attached hydrogens (primary N) is 1. The number of anilines is 2. The largest absolute Gasteiger partial charge is 0.489 e. The molecular formula is C19H18ClF3N2O5. The summed E-state index contributed by atoms with van der Waals surface area (Å²) in [6.45, 7) is -0.528. The number of nitrogens with one attached hydrogen (secondary N) is 1. The van der Waals surface area contributed by atoms with Crippen LogP contribution in [0.5, 0.6) is 5.75 Å².